The zero-order chi connectivity index (χ0) is 16.9. The molecular weight excluding hydrogens is 390 g/mol. The Bertz CT molecular complexity index is 859. The third kappa shape index (κ3) is 2.52. The first-order valence-electron chi connectivity index (χ1n) is 7.08. The topological polar surface area (TPSA) is 30.4 Å². The van der Waals surface area contributed by atoms with Gasteiger partial charge in [-0.25, -0.2) is 4.98 Å². The van der Waals surface area contributed by atoms with Crippen molar-refractivity contribution in [2.45, 2.75) is 11.8 Å². The Labute approximate surface area is 158 Å². The Morgan fingerprint density at radius 3 is 1.96 bits per heavy atom. The van der Waals surface area contributed by atoms with E-state index in [2.05, 4.69) is 4.98 Å². The van der Waals surface area contributed by atoms with E-state index in [1.54, 1.807) is 36.8 Å². The summed E-state index contributed by atoms with van der Waals surface area (Å²) in [5.41, 5.74) is 0.761. The molecule has 0 N–H and O–H groups in total. The van der Waals surface area contributed by atoms with Crippen LogP contribution in [0.15, 0.2) is 55.1 Å². The van der Waals surface area contributed by atoms with Gasteiger partial charge in [0.1, 0.15) is 0 Å². The molecule has 1 aliphatic rings. The number of aromatic nitrogens is 2. The number of ether oxygens (including phenoxy) is 1. The number of epoxide rings is 1. The molecule has 0 aliphatic carbocycles. The molecule has 0 amide bonds. The summed E-state index contributed by atoms with van der Waals surface area (Å²) in [7, 11) is 0. The van der Waals surface area contributed by atoms with Crippen LogP contribution in [0, 0.1) is 0 Å². The van der Waals surface area contributed by atoms with Crippen LogP contribution in [-0.2, 0) is 10.3 Å². The summed E-state index contributed by atoms with van der Waals surface area (Å²) in [4.78, 5) is 4.08. The number of hydrogen-bond donors (Lipinski definition) is 0. The standard InChI is InChI=1S/C17H10Cl4N2O/c18-10-1-3-12(14(20)7-10)17(13-4-2-11(19)8-15(13)21)16(24-17)23-6-5-22-9-23/h1-9,16H. The number of hydrogen-bond acceptors (Lipinski definition) is 2. The van der Waals surface area contributed by atoms with Gasteiger partial charge in [-0.15, -0.1) is 0 Å². The second kappa shape index (κ2) is 5.94. The van der Waals surface area contributed by atoms with E-state index in [9.17, 15) is 0 Å². The van der Waals surface area contributed by atoms with Crippen LogP contribution in [0.3, 0.4) is 0 Å². The molecule has 1 atom stereocenters. The van der Waals surface area contributed by atoms with Crippen LogP contribution in [0.2, 0.25) is 20.1 Å². The van der Waals surface area contributed by atoms with Gasteiger partial charge in [0.2, 0.25) is 0 Å². The molecule has 3 aromatic rings. The van der Waals surface area contributed by atoms with Crippen molar-refractivity contribution in [2.24, 2.45) is 0 Å². The maximum atomic E-state index is 6.46. The van der Waals surface area contributed by atoms with Crippen LogP contribution in [0.5, 0.6) is 0 Å². The Hall–Kier alpha value is -1.23. The molecule has 24 heavy (non-hydrogen) atoms. The Morgan fingerprint density at radius 2 is 1.50 bits per heavy atom. The van der Waals surface area contributed by atoms with Crippen molar-refractivity contribution in [1.29, 1.82) is 0 Å². The normalized spacial score (nSPS) is 18.6. The maximum Gasteiger partial charge on any atom is 0.174 e. The van der Waals surface area contributed by atoms with E-state index >= 15 is 0 Å². The predicted molar refractivity (Wildman–Crippen MR) is 96.1 cm³/mol. The quantitative estimate of drug-likeness (QED) is 0.508. The Balaban J connectivity index is 1.91. The van der Waals surface area contributed by atoms with Crippen LogP contribution in [0.25, 0.3) is 0 Å². The minimum Gasteiger partial charge on any atom is -0.333 e. The van der Waals surface area contributed by atoms with Crippen molar-refractivity contribution in [2.75, 3.05) is 0 Å². The molecule has 0 spiro atoms. The second-order valence-corrected chi connectivity index (χ2v) is 7.15. The van der Waals surface area contributed by atoms with Crippen molar-refractivity contribution in [3.63, 3.8) is 0 Å². The number of benzene rings is 2. The van der Waals surface area contributed by atoms with Gasteiger partial charge >= 0.3 is 0 Å². The van der Waals surface area contributed by atoms with Crippen LogP contribution >= 0.6 is 46.4 Å². The summed E-state index contributed by atoms with van der Waals surface area (Å²) in [6.07, 6.45) is 4.91. The van der Waals surface area contributed by atoms with Gasteiger partial charge in [-0.3, -0.25) is 0 Å². The number of imidazole rings is 1. The summed E-state index contributed by atoms with van der Waals surface area (Å²) in [5.74, 6) is 0. The van der Waals surface area contributed by atoms with E-state index in [4.69, 9.17) is 51.1 Å². The lowest BCUT2D eigenvalue weighted by atomic mass is 9.90. The van der Waals surface area contributed by atoms with Crippen LogP contribution in [0.1, 0.15) is 17.4 Å². The van der Waals surface area contributed by atoms with E-state index in [-0.39, 0.29) is 6.23 Å². The lowest BCUT2D eigenvalue weighted by molar-refractivity contribution is 0.304. The maximum absolute atomic E-state index is 6.46. The van der Waals surface area contributed by atoms with Gasteiger partial charge in [0.25, 0.3) is 0 Å². The van der Waals surface area contributed by atoms with Gasteiger partial charge in [-0.1, -0.05) is 58.5 Å². The molecule has 1 saturated heterocycles. The minimum atomic E-state index is -0.815. The smallest absolute Gasteiger partial charge is 0.174 e. The summed E-state index contributed by atoms with van der Waals surface area (Å²) in [6.45, 7) is 0. The molecule has 0 radical (unpaired) electrons. The zero-order valence-corrected chi connectivity index (χ0v) is 15.1. The third-order valence-corrected chi connectivity index (χ3v) is 5.14. The monoisotopic (exact) mass is 398 g/mol. The van der Waals surface area contributed by atoms with E-state index in [1.807, 2.05) is 22.9 Å². The molecule has 1 unspecified atom stereocenters. The molecule has 2 heterocycles. The molecule has 122 valence electrons. The predicted octanol–water partition coefficient (Wildman–Crippen LogP) is 5.97. The minimum absolute atomic E-state index is 0.308. The van der Waals surface area contributed by atoms with Gasteiger partial charge in [-0.2, -0.15) is 0 Å². The summed E-state index contributed by atoms with van der Waals surface area (Å²) in [5, 5.41) is 2.13. The average molecular weight is 400 g/mol. The first-order chi connectivity index (χ1) is 11.5. The lowest BCUT2D eigenvalue weighted by Gasteiger charge is -2.18. The largest absolute Gasteiger partial charge is 0.333 e. The van der Waals surface area contributed by atoms with Gasteiger partial charge in [0.05, 0.1) is 6.33 Å². The molecule has 2 aromatic carbocycles. The molecule has 7 heteroatoms. The highest BCUT2D eigenvalue weighted by Crippen LogP contribution is 2.61. The molecule has 1 fully saturated rings. The molecule has 1 aliphatic heterocycles. The van der Waals surface area contributed by atoms with Gasteiger partial charge in [0, 0.05) is 43.6 Å². The number of rotatable bonds is 3. The SMILES string of the molecule is Clc1ccc(C2(c3ccc(Cl)cc3Cl)OC2n2ccnc2)c(Cl)c1. The lowest BCUT2D eigenvalue weighted by Crippen LogP contribution is -2.16. The van der Waals surface area contributed by atoms with Crippen LogP contribution in [-0.4, -0.2) is 9.55 Å². The van der Waals surface area contributed by atoms with Crippen molar-refractivity contribution < 1.29 is 4.74 Å². The fourth-order valence-electron chi connectivity index (χ4n) is 2.94. The highest BCUT2D eigenvalue weighted by molar-refractivity contribution is 6.36. The molecule has 3 nitrogen and oxygen atoms in total. The first kappa shape index (κ1) is 16.2. The van der Waals surface area contributed by atoms with E-state index < -0.39 is 5.60 Å². The van der Waals surface area contributed by atoms with Gasteiger partial charge in [-0.05, 0) is 24.3 Å². The third-order valence-electron chi connectivity index (χ3n) is 4.05. The van der Waals surface area contributed by atoms with E-state index in [0.717, 1.165) is 11.1 Å². The number of halogens is 4. The molecular formula is C17H10Cl4N2O. The highest BCUT2D eigenvalue weighted by atomic mass is 35.5. The molecule has 1 aromatic heterocycles. The molecule has 4 rings (SSSR count). The molecule has 0 saturated carbocycles. The highest BCUT2D eigenvalue weighted by Gasteiger charge is 2.62. The van der Waals surface area contributed by atoms with Crippen molar-refractivity contribution >= 4 is 46.4 Å². The Kier molecular flexibility index (Phi) is 4.02. The average Bonchev–Trinajstić information content (AvgIpc) is 3.02. The Morgan fingerprint density at radius 1 is 0.917 bits per heavy atom. The van der Waals surface area contributed by atoms with Crippen LogP contribution in [0.4, 0.5) is 0 Å². The fraction of sp³-hybridized carbons (Fsp3) is 0.118. The summed E-state index contributed by atoms with van der Waals surface area (Å²) < 4.78 is 8.00. The van der Waals surface area contributed by atoms with E-state index in [0.29, 0.717) is 20.1 Å². The van der Waals surface area contributed by atoms with Gasteiger partial charge in [0.15, 0.2) is 11.8 Å². The summed E-state index contributed by atoms with van der Waals surface area (Å²) in [6, 6.07) is 10.6. The second-order valence-electron chi connectivity index (χ2n) is 5.46. The fourth-order valence-corrected chi connectivity index (χ4v) is 4.04. The molecule has 0 bridgehead atoms. The zero-order valence-electron chi connectivity index (χ0n) is 12.1. The van der Waals surface area contributed by atoms with Gasteiger partial charge < -0.3 is 9.30 Å². The number of nitrogens with zero attached hydrogens (tertiary/aromatic N) is 2. The first-order valence-corrected chi connectivity index (χ1v) is 8.60. The van der Waals surface area contributed by atoms with Crippen molar-refractivity contribution in [1.82, 2.24) is 9.55 Å². The van der Waals surface area contributed by atoms with Crippen molar-refractivity contribution in [3.05, 3.63) is 86.3 Å². The van der Waals surface area contributed by atoms with Crippen molar-refractivity contribution in [3.8, 4) is 0 Å². The van der Waals surface area contributed by atoms with Crippen LogP contribution < -0.4 is 0 Å². The summed E-state index contributed by atoms with van der Waals surface area (Å²) >= 11 is 25.0. The van der Waals surface area contributed by atoms with E-state index in [1.165, 1.54) is 0 Å².